The number of carbonyl (C=O) groups excluding carboxylic acids is 2. The van der Waals surface area contributed by atoms with E-state index in [1.807, 2.05) is 45.0 Å². The van der Waals surface area contributed by atoms with E-state index in [0.29, 0.717) is 6.54 Å². The Morgan fingerprint density at radius 2 is 1.84 bits per heavy atom. The Kier molecular flexibility index (Phi) is 4.49. The van der Waals surface area contributed by atoms with E-state index in [4.69, 9.17) is 0 Å². The molecule has 1 aliphatic heterocycles. The number of aryl methyl sites for hydroxylation is 2. The molecule has 0 spiro atoms. The van der Waals surface area contributed by atoms with Gasteiger partial charge in [0.25, 0.3) is 5.91 Å². The molecule has 2 aromatic carbocycles. The molecule has 1 N–H and O–H groups in total. The highest BCUT2D eigenvalue weighted by atomic mass is 16.3. The molecular formula is C20H22N2O3. The van der Waals surface area contributed by atoms with Crippen LogP contribution < -0.4 is 4.90 Å². The minimum Gasteiger partial charge on any atom is -0.507 e. The van der Waals surface area contributed by atoms with Crippen LogP contribution in [0.25, 0.3) is 0 Å². The van der Waals surface area contributed by atoms with Gasteiger partial charge in [-0.3, -0.25) is 9.59 Å². The lowest BCUT2D eigenvalue weighted by molar-refractivity contribution is -0.121. The molecule has 1 heterocycles. The second kappa shape index (κ2) is 6.59. The van der Waals surface area contributed by atoms with Crippen molar-refractivity contribution in [3.63, 3.8) is 0 Å². The molecule has 1 aliphatic rings. The minimum atomic E-state index is -0.314. The van der Waals surface area contributed by atoms with Crippen molar-refractivity contribution in [2.45, 2.75) is 26.8 Å². The number of nitrogens with zero attached hydrogens (tertiary/aromatic N) is 2. The molecule has 1 saturated heterocycles. The zero-order valence-corrected chi connectivity index (χ0v) is 14.7. The van der Waals surface area contributed by atoms with E-state index >= 15 is 0 Å². The van der Waals surface area contributed by atoms with Crippen molar-refractivity contribution in [2.24, 2.45) is 0 Å². The predicted molar refractivity (Wildman–Crippen MR) is 96.9 cm³/mol. The lowest BCUT2D eigenvalue weighted by Crippen LogP contribution is -2.57. The summed E-state index contributed by atoms with van der Waals surface area (Å²) < 4.78 is 0. The number of carbonyl (C=O) groups is 2. The van der Waals surface area contributed by atoms with E-state index in [1.54, 1.807) is 17.0 Å². The number of anilines is 1. The molecule has 0 aromatic heterocycles. The average Bonchev–Trinajstić information content (AvgIpc) is 2.58. The molecule has 1 unspecified atom stereocenters. The van der Waals surface area contributed by atoms with Gasteiger partial charge in [0.05, 0.1) is 5.56 Å². The lowest BCUT2D eigenvalue weighted by atomic mass is 10.1. The van der Waals surface area contributed by atoms with E-state index in [1.165, 1.54) is 11.0 Å². The molecule has 1 fully saturated rings. The number of phenols is 1. The Morgan fingerprint density at radius 1 is 1.12 bits per heavy atom. The maximum atomic E-state index is 12.8. The minimum absolute atomic E-state index is 0.00131. The number of rotatable bonds is 2. The van der Waals surface area contributed by atoms with Gasteiger partial charge in [-0.2, -0.15) is 0 Å². The van der Waals surface area contributed by atoms with Crippen molar-refractivity contribution in [1.29, 1.82) is 0 Å². The van der Waals surface area contributed by atoms with E-state index in [0.717, 1.165) is 16.8 Å². The van der Waals surface area contributed by atoms with Crippen molar-refractivity contribution in [3.8, 4) is 5.75 Å². The SMILES string of the molecule is Cc1cccc(N2CC(C)N(C(=O)c3cc(C)ccc3O)CC2=O)c1. The lowest BCUT2D eigenvalue weighted by Gasteiger charge is -2.39. The first kappa shape index (κ1) is 17.0. The van der Waals surface area contributed by atoms with Crippen LogP contribution in [0.1, 0.15) is 28.4 Å². The molecule has 0 bridgehead atoms. The van der Waals surface area contributed by atoms with Gasteiger partial charge >= 0.3 is 0 Å². The average molecular weight is 338 g/mol. The number of piperazine rings is 1. The van der Waals surface area contributed by atoms with E-state index in [9.17, 15) is 14.7 Å². The van der Waals surface area contributed by atoms with E-state index in [2.05, 4.69) is 0 Å². The van der Waals surface area contributed by atoms with Gasteiger partial charge in [0.1, 0.15) is 12.3 Å². The van der Waals surface area contributed by atoms with Gasteiger partial charge in [-0.15, -0.1) is 0 Å². The van der Waals surface area contributed by atoms with Crippen LogP contribution in [0.5, 0.6) is 5.75 Å². The van der Waals surface area contributed by atoms with Crippen LogP contribution >= 0.6 is 0 Å². The van der Waals surface area contributed by atoms with Crippen molar-refractivity contribution in [3.05, 3.63) is 59.2 Å². The van der Waals surface area contributed by atoms with Crippen molar-refractivity contribution in [1.82, 2.24) is 4.90 Å². The van der Waals surface area contributed by atoms with Crippen LogP contribution in [0.3, 0.4) is 0 Å². The van der Waals surface area contributed by atoms with Crippen LogP contribution in [0.15, 0.2) is 42.5 Å². The molecule has 130 valence electrons. The first-order valence-corrected chi connectivity index (χ1v) is 8.34. The number of aromatic hydroxyl groups is 1. The van der Waals surface area contributed by atoms with Gasteiger partial charge in [-0.25, -0.2) is 0 Å². The van der Waals surface area contributed by atoms with E-state index < -0.39 is 0 Å². The summed E-state index contributed by atoms with van der Waals surface area (Å²) in [7, 11) is 0. The summed E-state index contributed by atoms with van der Waals surface area (Å²) in [6.07, 6.45) is 0. The fraction of sp³-hybridized carbons (Fsp3) is 0.300. The standard InChI is InChI=1S/C20H22N2O3/c1-13-5-4-6-16(9-13)22-11-15(3)21(12-19(22)24)20(25)17-10-14(2)7-8-18(17)23/h4-10,15,23H,11-12H2,1-3H3. The van der Waals surface area contributed by atoms with Crippen LogP contribution in [0.2, 0.25) is 0 Å². The van der Waals surface area contributed by atoms with Crippen LogP contribution in [0, 0.1) is 13.8 Å². The number of amides is 2. The number of phenolic OH excluding ortho intramolecular Hbond substituents is 1. The molecule has 5 heteroatoms. The fourth-order valence-corrected chi connectivity index (χ4v) is 3.14. The molecule has 25 heavy (non-hydrogen) atoms. The Labute approximate surface area is 147 Å². The van der Waals surface area contributed by atoms with E-state index in [-0.39, 0.29) is 35.7 Å². The monoisotopic (exact) mass is 338 g/mol. The topological polar surface area (TPSA) is 60.9 Å². The Morgan fingerprint density at radius 3 is 2.56 bits per heavy atom. The molecule has 2 aromatic rings. The number of hydrogen-bond acceptors (Lipinski definition) is 3. The summed E-state index contributed by atoms with van der Waals surface area (Å²) in [4.78, 5) is 28.7. The zero-order chi connectivity index (χ0) is 18.1. The van der Waals surface area contributed by atoms with Gasteiger partial charge in [0, 0.05) is 18.3 Å². The first-order valence-electron chi connectivity index (χ1n) is 8.34. The quantitative estimate of drug-likeness (QED) is 0.916. The normalized spacial score (nSPS) is 17.7. The Bertz CT molecular complexity index is 831. The molecule has 0 aliphatic carbocycles. The van der Waals surface area contributed by atoms with Gasteiger partial charge in [-0.1, -0.05) is 23.8 Å². The fourth-order valence-electron chi connectivity index (χ4n) is 3.14. The smallest absolute Gasteiger partial charge is 0.258 e. The van der Waals surface area contributed by atoms with Crippen molar-refractivity contribution < 1.29 is 14.7 Å². The molecule has 0 radical (unpaired) electrons. The Hall–Kier alpha value is -2.82. The zero-order valence-electron chi connectivity index (χ0n) is 14.7. The van der Waals surface area contributed by atoms with Crippen LogP contribution in [-0.4, -0.2) is 41.0 Å². The Balaban J connectivity index is 1.84. The molecule has 3 rings (SSSR count). The summed E-state index contributed by atoms with van der Waals surface area (Å²) in [6, 6.07) is 12.5. The number of benzene rings is 2. The molecule has 2 amide bonds. The second-order valence-electron chi connectivity index (χ2n) is 6.65. The summed E-state index contributed by atoms with van der Waals surface area (Å²) in [5, 5.41) is 10.0. The molecule has 0 saturated carbocycles. The molecule has 1 atom stereocenters. The summed E-state index contributed by atoms with van der Waals surface area (Å²) >= 11 is 0. The predicted octanol–water partition coefficient (Wildman–Crippen LogP) is 2.89. The third kappa shape index (κ3) is 3.36. The summed E-state index contributed by atoms with van der Waals surface area (Å²) in [6.45, 7) is 6.19. The third-order valence-corrected chi connectivity index (χ3v) is 4.54. The second-order valence-corrected chi connectivity index (χ2v) is 6.65. The maximum absolute atomic E-state index is 12.8. The first-order chi connectivity index (χ1) is 11.9. The number of hydrogen-bond donors (Lipinski definition) is 1. The maximum Gasteiger partial charge on any atom is 0.258 e. The van der Waals surface area contributed by atoms with Crippen molar-refractivity contribution >= 4 is 17.5 Å². The van der Waals surface area contributed by atoms with Gasteiger partial charge in [0.15, 0.2) is 0 Å². The highest BCUT2D eigenvalue weighted by molar-refractivity contribution is 6.03. The molecular weight excluding hydrogens is 316 g/mol. The van der Waals surface area contributed by atoms with Crippen molar-refractivity contribution in [2.75, 3.05) is 18.0 Å². The van der Waals surface area contributed by atoms with Gasteiger partial charge < -0.3 is 14.9 Å². The summed E-state index contributed by atoms with van der Waals surface area (Å²) in [5.74, 6) is -0.494. The van der Waals surface area contributed by atoms with Crippen LogP contribution in [0.4, 0.5) is 5.69 Å². The largest absolute Gasteiger partial charge is 0.507 e. The summed E-state index contributed by atoms with van der Waals surface area (Å²) in [5.41, 5.74) is 3.06. The van der Waals surface area contributed by atoms with Gasteiger partial charge in [0.2, 0.25) is 5.91 Å². The molecule has 5 nitrogen and oxygen atoms in total. The van der Waals surface area contributed by atoms with Crippen LogP contribution in [-0.2, 0) is 4.79 Å². The third-order valence-electron chi connectivity index (χ3n) is 4.54. The highest BCUT2D eigenvalue weighted by Crippen LogP contribution is 2.25. The van der Waals surface area contributed by atoms with Gasteiger partial charge in [-0.05, 0) is 50.6 Å². The highest BCUT2D eigenvalue weighted by Gasteiger charge is 2.34.